The van der Waals surface area contributed by atoms with Gasteiger partial charge in [-0.15, -0.1) is 0 Å². The maximum Gasteiger partial charge on any atom is 0.0716 e. The molecule has 0 amide bonds. The molecule has 2 rings (SSSR count). The number of rotatable bonds is 4. The molecule has 1 N–H and O–H groups in total. The SMILES string of the molecule is CCCN1CCCC(O)(Cc2ccn(C)n2)CC1. The normalized spacial score (nSPS) is 26.2. The second-order valence-electron chi connectivity index (χ2n) is 5.58. The number of hydrogen-bond donors (Lipinski definition) is 1. The number of aliphatic hydroxyl groups is 1. The lowest BCUT2D eigenvalue weighted by atomic mass is 9.90. The molecule has 0 aromatic carbocycles. The summed E-state index contributed by atoms with van der Waals surface area (Å²) in [5.74, 6) is 0. The van der Waals surface area contributed by atoms with E-state index in [2.05, 4.69) is 16.9 Å². The molecule has 1 saturated heterocycles. The van der Waals surface area contributed by atoms with Crippen molar-refractivity contribution < 1.29 is 5.11 Å². The highest BCUT2D eigenvalue weighted by molar-refractivity contribution is 5.04. The van der Waals surface area contributed by atoms with E-state index in [1.165, 1.54) is 6.42 Å². The van der Waals surface area contributed by atoms with Gasteiger partial charge in [-0.05, 0) is 44.8 Å². The van der Waals surface area contributed by atoms with Gasteiger partial charge < -0.3 is 10.0 Å². The van der Waals surface area contributed by atoms with Crippen LogP contribution in [0.2, 0.25) is 0 Å². The van der Waals surface area contributed by atoms with Crippen LogP contribution in [-0.2, 0) is 13.5 Å². The summed E-state index contributed by atoms with van der Waals surface area (Å²) in [6.45, 7) is 5.50. The van der Waals surface area contributed by atoms with E-state index < -0.39 is 5.60 Å². The lowest BCUT2D eigenvalue weighted by Gasteiger charge is -2.26. The van der Waals surface area contributed by atoms with Gasteiger partial charge in [0, 0.05) is 26.2 Å². The monoisotopic (exact) mass is 251 g/mol. The molecule has 0 aliphatic carbocycles. The van der Waals surface area contributed by atoms with Crippen LogP contribution in [-0.4, -0.2) is 45.0 Å². The molecule has 4 heteroatoms. The highest BCUT2D eigenvalue weighted by Crippen LogP contribution is 2.26. The third kappa shape index (κ3) is 3.56. The van der Waals surface area contributed by atoms with Crippen LogP contribution < -0.4 is 0 Å². The minimum absolute atomic E-state index is 0.559. The van der Waals surface area contributed by atoms with E-state index in [1.54, 1.807) is 4.68 Å². The molecule has 4 nitrogen and oxygen atoms in total. The van der Waals surface area contributed by atoms with Gasteiger partial charge in [-0.25, -0.2) is 0 Å². The molecule has 102 valence electrons. The van der Waals surface area contributed by atoms with E-state index in [1.807, 2.05) is 19.3 Å². The standard InChI is InChI=1S/C14H25N3O/c1-3-8-17-9-4-6-14(18,7-11-17)12-13-5-10-16(2)15-13/h5,10,18H,3-4,6-9,11-12H2,1-2H3. The fourth-order valence-electron chi connectivity index (χ4n) is 2.85. The Hall–Kier alpha value is -0.870. The second kappa shape index (κ2) is 5.85. The molecule has 1 aromatic heterocycles. The number of nitrogens with zero attached hydrogens (tertiary/aromatic N) is 3. The van der Waals surface area contributed by atoms with Crippen molar-refractivity contribution in [3.63, 3.8) is 0 Å². The van der Waals surface area contributed by atoms with E-state index in [-0.39, 0.29) is 0 Å². The molecule has 1 fully saturated rings. The lowest BCUT2D eigenvalue weighted by molar-refractivity contribution is 0.0247. The molecule has 1 aliphatic rings. The quantitative estimate of drug-likeness (QED) is 0.883. The van der Waals surface area contributed by atoms with Crippen LogP contribution in [0.4, 0.5) is 0 Å². The summed E-state index contributed by atoms with van der Waals surface area (Å²) in [6, 6.07) is 2.01. The maximum atomic E-state index is 10.7. The summed E-state index contributed by atoms with van der Waals surface area (Å²) in [7, 11) is 1.92. The molecule has 18 heavy (non-hydrogen) atoms. The predicted octanol–water partition coefficient (Wildman–Crippen LogP) is 1.59. The van der Waals surface area contributed by atoms with E-state index in [0.717, 1.165) is 44.6 Å². The van der Waals surface area contributed by atoms with E-state index in [9.17, 15) is 5.11 Å². The maximum absolute atomic E-state index is 10.7. The first-order valence-electron chi connectivity index (χ1n) is 7.04. The zero-order valence-electron chi connectivity index (χ0n) is 11.6. The Balaban J connectivity index is 1.94. The number of aromatic nitrogens is 2. The minimum atomic E-state index is -0.559. The summed E-state index contributed by atoms with van der Waals surface area (Å²) in [5, 5.41) is 15.1. The van der Waals surface area contributed by atoms with Gasteiger partial charge in [-0.3, -0.25) is 4.68 Å². The van der Waals surface area contributed by atoms with Crippen LogP contribution in [0.25, 0.3) is 0 Å². The highest BCUT2D eigenvalue weighted by Gasteiger charge is 2.30. The van der Waals surface area contributed by atoms with Crippen LogP contribution in [0, 0.1) is 0 Å². The Morgan fingerprint density at radius 2 is 2.22 bits per heavy atom. The minimum Gasteiger partial charge on any atom is -0.389 e. The van der Waals surface area contributed by atoms with Gasteiger partial charge in [0.1, 0.15) is 0 Å². The van der Waals surface area contributed by atoms with Gasteiger partial charge in [0.15, 0.2) is 0 Å². The molecule has 0 bridgehead atoms. The largest absolute Gasteiger partial charge is 0.389 e. The van der Waals surface area contributed by atoms with E-state index in [0.29, 0.717) is 6.42 Å². The van der Waals surface area contributed by atoms with Crippen LogP contribution in [0.3, 0.4) is 0 Å². The van der Waals surface area contributed by atoms with Gasteiger partial charge in [-0.2, -0.15) is 5.10 Å². The Morgan fingerprint density at radius 3 is 2.89 bits per heavy atom. The Kier molecular flexibility index (Phi) is 4.40. The third-order valence-corrected chi connectivity index (χ3v) is 3.83. The average Bonchev–Trinajstić information content (AvgIpc) is 2.62. The zero-order valence-corrected chi connectivity index (χ0v) is 11.6. The number of hydrogen-bond acceptors (Lipinski definition) is 3. The smallest absolute Gasteiger partial charge is 0.0716 e. The highest BCUT2D eigenvalue weighted by atomic mass is 16.3. The van der Waals surface area contributed by atoms with Gasteiger partial charge in [-0.1, -0.05) is 6.92 Å². The Bertz CT molecular complexity index is 377. The third-order valence-electron chi connectivity index (χ3n) is 3.83. The molecule has 1 aliphatic heterocycles. The molecule has 1 unspecified atom stereocenters. The molecule has 1 atom stereocenters. The average molecular weight is 251 g/mol. The Morgan fingerprint density at radius 1 is 1.39 bits per heavy atom. The van der Waals surface area contributed by atoms with Crippen molar-refractivity contribution in [3.05, 3.63) is 18.0 Å². The van der Waals surface area contributed by atoms with Crippen LogP contribution in [0.1, 0.15) is 38.3 Å². The first-order valence-corrected chi connectivity index (χ1v) is 7.04. The first-order chi connectivity index (χ1) is 8.61. The van der Waals surface area contributed by atoms with Crippen LogP contribution in [0.5, 0.6) is 0 Å². The topological polar surface area (TPSA) is 41.3 Å². The van der Waals surface area contributed by atoms with Gasteiger partial charge in [0.2, 0.25) is 0 Å². The zero-order chi connectivity index (χ0) is 13.0. The van der Waals surface area contributed by atoms with Gasteiger partial charge >= 0.3 is 0 Å². The summed E-state index contributed by atoms with van der Waals surface area (Å²) < 4.78 is 1.80. The van der Waals surface area contributed by atoms with Crippen molar-refractivity contribution in [1.82, 2.24) is 14.7 Å². The summed E-state index contributed by atoms with van der Waals surface area (Å²) in [5.41, 5.74) is 0.445. The molecule has 2 heterocycles. The molecule has 0 spiro atoms. The number of aryl methyl sites for hydroxylation is 1. The van der Waals surface area contributed by atoms with Crippen LogP contribution >= 0.6 is 0 Å². The van der Waals surface area contributed by atoms with Crippen molar-refractivity contribution in [1.29, 1.82) is 0 Å². The van der Waals surface area contributed by atoms with Crippen molar-refractivity contribution in [3.8, 4) is 0 Å². The fraction of sp³-hybridized carbons (Fsp3) is 0.786. The van der Waals surface area contributed by atoms with Crippen molar-refractivity contribution >= 4 is 0 Å². The van der Waals surface area contributed by atoms with Crippen LogP contribution in [0.15, 0.2) is 12.3 Å². The summed E-state index contributed by atoms with van der Waals surface area (Å²) in [4.78, 5) is 2.47. The fourth-order valence-corrected chi connectivity index (χ4v) is 2.85. The lowest BCUT2D eigenvalue weighted by Crippen LogP contribution is -2.33. The van der Waals surface area contributed by atoms with Crippen molar-refractivity contribution in [2.45, 2.75) is 44.6 Å². The molecular weight excluding hydrogens is 226 g/mol. The van der Waals surface area contributed by atoms with E-state index >= 15 is 0 Å². The van der Waals surface area contributed by atoms with Gasteiger partial charge in [0.05, 0.1) is 11.3 Å². The predicted molar refractivity (Wildman–Crippen MR) is 72.4 cm³/mol. The summed E-state index contributed by atoms with van der Waals surface area (Å²) >= 11 is 0. The van der Waals surface area contributed by atoms with E-state index in [4.69, 9.17) is 0 Å². The first kappa shape index (κ1) is 13.6. The van der Waals surface area contributed by atoms with Crippen molar-refractivity contribution in [2.24, 2.45) is 7.05 Å². The van der Waals surface area contributed by atoms with Gasteiger partial charge in [0.25, 0.3) is 0 Å². The Labute approximate surface area is 110 Å². The van der Waals surface area contributed by atoms with Crippen molar-refractivity contribution in [2.75, 3.05) is 19.6 Å². The molecule has 0 radical (unpaired) electrons. The molecular formula is C14H25N3O. The molecule has 1 aromatic rings. The summed E-state index contributed by atoms with van der Waals surface area (Å²) in [6.07, 6.45) is 6.67. The number of likely N-dealkylation sites (tertiary alicyclic amines) is 1. The molecule has 0 saturated carbocycles. The second-order valence-corrected chi connectivity index (χ2v) is 5.58.